The maximum atomic E-state index is 11.0. The third kappa shape index (κ3) is 5.53. The van der Waals surface area contributed by atoms with Gasteiger partial charge in [-0.2, -0.15) is 0 Å². The fourth-order valence-electron chi connectivity index (χ4n) is 0.982. The van der Waals surface area contributed by atoms with Gasteiger partial charge >= 0.3 is 0 Å². The van der Waals surface area contributed by atoms with Gasteiger partial charge in [0.2, 0.25) is 0 Å². The van der Waals surface area contributed by atoms with Crippen LogP contribution in [0.5, 0.6) is 0 Å². The molecule has 84 valence electrons. The summed E-state index contributed by atoms with van der Waals surface area (Å²) in [6, 6.07) is 3.77. The van der Waals surface area contributed by atoms with Crippen LogP contribution in [0.2, 0.25) is 0 Å². The summed E-state index contributed by atoms with van der Waals surface area (Å²) < 4.78 is 1.88. The molecule has 0 N–H and O–H groups in total. The lowest BCUT2D eigenvalue weighted by Gasteiger charge is -2.09. The van der Waals surface area contributed by atoms with Crippen LogP contribution in [0.15, 0.2) is 29.5 Å². The summed E-state index contributed by atoms with van der Waals surface area (Å²) in [6.45, 7) is 0.309. The van der Waals surface area contributed by atoms with E-state index >= 15 is 0 Å². The summed E-state index contributed by atoms with van der Waals surface area (Å²) in [4.78, 5) is 2.66. The minimum absolute atomic E-state index is 0. The van der Waals surface area contributed by atoms with E-state index in [1.54, 1.807) is 0 Å². The SMILES string of the molecule is C[n+]1cccc(CN=C([O-])C(Cl)Cl)c1.I. The molecule has 3 nitrogen and oxygen atoms in total. The molecule has 0 bridgehead atoms. The molecule has 0 aliphatic carbocycles. The van der Waals surface area contributed by atoms with E-state index in [4.69, 9.17) is 23.2 Å². The van der Waals surface area contributed by atoms with Crippen LogP contribution in [0.1, 0.15) is 5.56 Å². The number of halogens is 3. The number of aryl methyl sites for hydroxylation is 1. The summed E-state index contributed by atoms with van der Waals surface area (Å²) in [7, 11) is 1.90. The summed E-state index contributed by atoms with van der Waals surface area (Å²) >= 11 is 10.7. The van der Waals surface area contributed by atoms with E-state index < -0.39 is 10.7 Å². The number of hydrogen-bond acceptors (Lipinski definition) is 2. The third-order valence-electron chi connectivity index (χ3n) is 1.61. The standard InChI is InChI=1S/C9H10Cl2N2O.HI/c1-13-4-2-3-7(6-13)5-12-9(14)8(10)11;/h2-4,6,8H,5H2,1H3;1H. The number of hydrogen-bond donors (Lipinski definition) is 0. The maximum Gasteiger partial charge on any atom is 0.173 e. The Morgan fingerprint density at radius 3 is 2.80 bits per heavy atom. The molecule has 0 radical (unpaired) electrons. The molecular weight excluding hydrogens is 350 g/mol. The van der Waals surface area contributed by atoms with Crippen molar-refractivity contribution in [3.63, 3.8) is 0 Å². The van der Waals surface area contributed by atoms with Crippen LogP contribution in [0.4, 0.5) is 0 Å². The van der Waals surface area contributed by atoms with Gasteiger partial charge in [-0.15, -0.1) is 24.0 Å². The maximum absolute atomic E-state index is 11.0. The number of rotatable bonds is 3. The number of aromatic nitrogens is 1. The Bertz CT molecular complexity index is 345. The summed E-state index contributed by atoms with van der Waals surface area (Å²) in [5.41, 5.74) is 0.942. The monoisotopic (exact) mass is 360 g/mol. The van der Waals surface area contributed by atoms with E-state index in [1.807, 2.05) is 36.1 Å². The minimum atomic E-state index is -1.06. The third-order valence-corrected chi connectivity index (χ3v) is 1.98. The second-order valence-electron chi connectivity index (χ2n) is 2.83. The zero-order valence-electron chi connectivity index (χ0n) is 8.06. The van der Waals surface area contributed by atoms with E-state index in [0.29, 0.717) is 6.54 Å². The molecule has 6 heteroatoms. The molecule has 0 unspecified atom stereocenters. The van der Waals surface area contributed by atoms with Crippen molar-refractivity contribution >= 4 is 53.1 Å². The molecule has 0 fully saturated rings. The smallest absolute Gasteiger partial charge is 0.173 e. The molecule has 0 saturated heterocycles. The zero-order valence-corrected chi connectivity index (χ0v) is 11.9. The van der Waals surface area contributed by atoms with Crippen molar-refractivity contribution in [1.82, 2.24) is 0 Å². The molecule has 0 aliphatic rings. The van der Waals surface area contributed by atoms with Crippen LogP contribution in [0, 0.1) is 0 Å². The highest BCUT2D eigenvalue weighted by molar-refractivity contribution is 14.0. The van der Waals surface area contributed by atoms with Gasteiger partial charge in [0.15, 0.2) is 12.4 Å². The lowest BCUT2D eigenvalue weighted by atomic mass is 10.3. The Morgan fingerprint density at radius 1 is 1.60 bits per heavy atom. The summed E-state index contributed by atoms with van der Waals surface area (Å²) in [5.74, 6) is -0.500. The number of pyridine rings is 1. The van der Waals surface area contributed by atoms with Crippen LogP contribution >= 0.6 is 47.2 Å². The first-order valence-corrected chi connectivity index (χ1v) is 4.90. The van der Waals surface area contributed by atoms with Crippen molar-refractivity contribution in [3.8, 4) is 0 Å². The molecule has 1 rings (SSSR count). The van der Waals surface area contributed by atoms with Crippen LogP contribution in [0.3, 0.4) is 0 Å². The lowest BCUT2D eigenvalue weighted by Crippen LogP contribution is -2.27. The summed E-state index contributed by atoms with van der Waals surface area (Å²) in [6.07, 6.45) is 3.78. The molecule has 1 aromatic rings. The largest absolute Gasteiger partial charge is 0.860 e. The van der Waals surface area contributed by atoms with E-state index in [-0.39, 0.29) is 24.0 Å². The average molecular weight is 361 g/mol. The Labute approximate surface area is 116 Å². The number of nitrogens with zero attached hydrogens (tertiary/aromatic N) is 2. The predicted molar refractivity (Wildman–Crippen MR) is 69.7 cm³/mol. The van der Waals surface area contributed by atoms with Gasteiger partial charge in [-0.1, -0.05) is 23.2 Å². The molecule has 1 heterocycles. The molecule has 0 amide bonds. The van der Waals surface area contributed by atoms with Crippen molar-refractivity contribution in [2.45, 2.75) is 11.4 Å². The lowest BCUT2D eigenvalue weighted by molar-refractivity contribution is -0.671. The molecule has 0 aliphatic heterocycles. The first kappa shape index (κ1) is 14.9. The quantitative estimate of drug-likeness (QED) is 0.262. The molecular formula is C9H11Cl2IN2O. The molecule has 0 aromatic carbocycles. The van der Waals surface area contributed by atoms with Crippen molar-refractivity contribution in [2.24, 2.45) is 12.0 Å². The second-order valence-corrected chi connectivity index (χ2v) is 3.93. The normalized spacial score (nSPS) is 11.3. The highest BCUT2D eigenvalue weighted by Gasteiger charge is 1.99. The Balaban J connectivity index is 0.00000196. The first-order valence-electron chi connectivity index (χ1n) is 4.03. The second kappa shape index (κ2) is 7.24. The Kier molecular flexibility index (Phi) is 7.21. The fraction of sp³-hybridized carbons (Fsp3) is 0.333. The van der Waals surface area contributed by atoms with Crippen LogP contribution in [-0.4, -0.2) is 10.7 Å². The fourth-order valence-corrected chi connectivity index (χ4v) is 1.12. The van der Waals surface area contributed by atoms with Gasteiger partial charge in [0.1, 0.15) is 11.9 Å². The van der Waals surface area contributed by atoms with Crippen LogP contribution in [0.25, 0.3) is 0 Å². The van der Waals surface area contributed by atoms with Gasteiger partial charge in [0.25, 0.3) is 0 Å². The van der Waals surface area contributed by atoms with Crippen molar-refractivity contribution < 1.29 is 9.67 Å². The van der Waals surface area contributed by atoms with E-state index in [1.165, 1.54) is 0 Å². The minimum Gasteiger partial charge on any atom is -0.860 e. The highest BCUT2D eigenvalue weighted by Crippen LogP contribution is 2.03. The molecule has 0 saturated carbocycles. The summed E-state index contributed by atoms with van der Waals surface area (Å²) in [5, 5.41) is 11.0. The van der Waals surface area contributed by atoms with Crippen LogP contribution in [-0.2, 0) is 13.6 Å². The van der Waals surface area contributed by atoms with Gasteiger partial charge < -0.3 is 5.11 Å². The van der Waals surface area contributed by atoms with Gasteiger partial charge in [0, 0.05) is 11.6 Å². The molecule has 0 atom stereocenters. The zero-order chi connectivity index (χ0) is 10.6. The average Bonchev–Trinajstić information content (AvgIpc) is 2.14. The van der Waals surface area contributed by atoms with Gasteiger partial charge in [-0.25, -0.2) is 4.57 Å². The molecule has 15 heavy (non-hydrogen) atoms. The van der Waals surface area contributed by atoms with Crippen molar-refractivity contribution in [1.29, 1.82) is 0 Å². The van der Waals surface area contributed by atoms with Crippen LogP contribution < -0.4 is 9.67 Å². The van der Waals surface area contributed by atoms with Gasteiger partial charge in [-0.05, 0) is 12.0 Å². The Morgan fingerprint density at radius 2 is 2.27 bits per heavy atom. The Hall–Kier alpha value is -0.0700. The van der Waals surface area contributed by atoms with Crippen molar-refractivity contribution in [2.75, 3.05) is 0 Å². The molecule has 1 aromatic heterocycles. The van der Waals surface area contributed by atoms with Crippen molar-refractivity contribution in [3.05, 3.63) is 30.1 Å². The predicted octanol–water partition coefficient (Wildman–Crippen LogP) is 1.19. The highest BCUT2D eigenvalue weighted by atomic mass is 127. The van der Waals surface area contributed by atoms with E-state index in [9.17, 15) is 5.11 Å². The number of alkyl halides is 2. The molecule has 0 spiro atoms. The number of aliphatic imine (C=N–C) groups is 1. The van der Waals surface area contributed by atoms with Gasteiger partial charge in [0.05, 0.1) is 6.54 Å². The topological polar surface area (TPSA) is 39.3 Å². The van der Waals surface area contributed by atoms with E-state index in [0.717, 1.165) is 5.56 Å². The van der Waals surface area contributed by atoms with Gasteiger partial charge in [-0.3, -0.25) is 4.99 Å². The first-order chi connectivity index (χ1) is 6.59. The van der Waals surface area contributed by atoms with E-state index in [2.05, 4.69) is 4.99 Å².